The average molecular weight is 498 g/mol. The number of carbonyl (C=O) groups excluding carboxylic acids is 3. The second-order valence-corrected chi connectivity index (χ2v) is 9.70. The molecule has 0 aromatic heterocycles. The average Bonchev–Trinajstić information content (AvgIpc) is 3.60. The number of hydrogen-bond acceptors (Lipinski definition) is 4. The van der Waals surface area contributed by atoms with E-state index in [2.05, 4.69) is 5.32 Å². The molecule has 0 unspecified atom stereocenters. The molecule has 3 amide bonds. The molecule has 1 N–H and O–H groups in total. The number of rotatable bonds is 7. The number of carbonyl (C=O) groups is 3. The standard InChI is InChI=1S/C27H29F2N3O4/c28-20-14-23(32(15-20)24(33)16-36-27(35)31-11-4-12-31)26(34)30-25(18-5-2-1-3-6-18)19-9-10-21(17-7-8-17)22(29)13-19/h1-3,5-6,9-10,13,17,20,23,25H,4,7-8,11-12,14-16H2,(H,30,34)/t20-,23+,25+/m1/s1. The lowest BCUT2D eigenvalue weighted by Crippen LogP contribution is -2.49. The topological polar surface area (TPSA) is 79.0 Å². The number of ether oxygens (including phenoxy) is 1. The van der Waals surface area contributed by atoms with E-state index in [0.29, 0.717) is 24.2 Å². The Hall–Kier alpha value is -3.49. The van der Waals surface area contributed by atoms with Crippen molar-refractivity contribution in [3.05, 3.63) is 71.0 Å². The fourth-order valence-electron chi connectivity index (χ4n) is 4.80. The molecule has 2 heterocycles. The molecule has 0 spiro atoms. The van der Waals surface area contributed by atoms with Crippen molar-refractivity contribution >= 4 is 17.9 Å². The maximum atomic E-state index is 14.9. The predicted molar refractivity (Wildman–Crippen MR) is 127 cm³/mol. The second-order valence-electron chi connectivity index (χ2n) is 9.70. The van der Waals surface area contributed by atoms with Gasteiger partial charge in [0.05, 0.1) is 12.6 Å². The number of benzene rings is 2. The summed E-state index contributed by atoms with van der Waals surface area (Å²) in [6.45, 7) is 0.357. The van der Waals surface area contributed by atoms with Gasteiger partial charge < -0.3 is 19.9 Å². The molecule has 2 aliphatic heterocycles. The Balaban J connectivity index is 1.31. The van der Waals surface area contributed by atoms with Crippen LogP contribution < -0.4 is 5.32 Å². The van der Waals surface area contributed by atoms with Gasteiger partial charge in [-0.1, -0.05) is 42.5 Å². The summed E-state index contributed by atoms with van der Waals surface area (Å²) in [5, 5.41) is 2.91. The van der Waals surface area contributed by atoms with E-state index in [4.69, 9.17) is 4.74 Å². The summed E-state index contributed by atoms with van der Waals surface area (Å²) in [4.78, 5) is 40.6. The molecule has 1 saturated carbocycles. The number of amides is 3. The summed E-state index contributed by atoms with van der Waals surface area (Å²) in [6, 6.07) is 12.4. The van der Waals surface area contributed by atoms with Crippen molar-refractivity contribution in [2.45, 2.75) is 49.9 Å². The van der Waals surface area contributed by atoms with E-state index < -0.39 is 42.8 Å². The SMILES string of the molecule is O=C(N[C@@H](c1ccccc1)c1ccc(C2CC2)c(F)c1)[C@@H]1C[C@@H](F)CN1C(=O)COC(=O)N1CCC1. The number of likely N-dealkylation sites (tertiary alicyclic amines) is 2. The zero-order valence-corrected chi connectivity index (χ0v) is 19.9. The third-order valence-corrected chi connectivity index (χ3v) is 7.10. The van der Waals surface area contributed by atoms with E-state index >= 15 is 0 Å². The second kappa shape index (κ2) is 10.2. The molecule has 1 aliphatic carbocycles. The summed E-state index contributed by atoms with van der Waals surface area (Å²) in [5.41, 5.74) is 1.98. The lowest BCUT2D eigenvalue weighted by atomic mass is 9.96. The van der Waals surface area contributed by atoms with Crippen LogP contribution in [-0.2, 0) is 14.3 Å². The molecule has 7 nitrogen and oxygen atoms in total. The Morgan fingerprint density at radius 2 is 1.81 bits per heavy atom. The van der Waals surface area contributed by atoms with Crippen molar-refractivity contribution in [3.63, 3.8) is 0 Å². The third kappa shape index (κ3) is 5.20. The number of halogens is 2. The van der Waals surface area contributed by atoms with Crippen LogP contribution in [0, 0.1) is 5.82 Å². The third-order valence-electron chi connectivity index (χ3n) is 7.10. The number of nitrogens with zero attached hydrogens (tertiary/aromatic N) is 2. The Morgan fingerprint density at radius 3 is 2.44 bits per heavy atom. The first-order valence-electron chi connectivity index (χ1n) is 12.4. The highest BCUT2D eigenvalue weighted by molar-refractivity contribution is 5.90. The van der Waals surface area contributed by atoms with Crippen molar-refractivity contribution in [1.29, 1.82) is 0 Å². The minimum absolute atomic E-state index is 0.159. The first kappa shape index (κ1) is 24.2. The number of nitrogens with one attached hydrogen (secondary N) is 1. The molecular formula is C27H29F2N3O4. The lowest BCUT2D eigenvalue weighted by Gasteiger charge is -2.30. The monoisotopic (exact) mass is 497 g/mol. The largest absolute Gasteiger partial charge is 0.439 e. The predicted octanol–water partition coefficient (Wildman–Crippen LogP) is 3.69. The first-order chi connectivity index (χ1) is 17.4. The highest BCUT2D eigenvalue weighted by Crippen LogP contribution is 2.42. The van der Waals surface area contributed by atoms with Crippen LogP contribution >= 0.6 is 0 Å². The summed E-state index contributed by atoms with van der Waals surface area (Å²) >= 11 is 0. The van der Waals surface area contributed by atoms with Gasteiger partial charge in [0.2, 0.25) is 5.91 Å². The Labute approximate surface area is 208 Å². The van der Waals surface area contributed by atoms with E-state index in [1.54, 1.807) is 12.1 Å². The molecule has 3 fully saturated rings. The molecule has 2 saturated heterocycles. The minimum atomic E-state index is -1.37. The summed E-state index contributed by atoms with van der Waals surface area (Å²) < 4.78 is 34.3. The van der Waals surface area contributed by atoms with Crippen LogP contribution in [0.15, 0.2) is 48.5 Å². The molecule has 3 aliphatic rings. The molecule has 0 radical (unpaired) electrons. The molecule has 2 aromatic carbocycles. The van der Waals surface area contributed by atoms with Gasteiger partial charge in [-0.25, -0.2) is 13.6 Å². The van der Waals surface area contributed by atoms with Gasteiger partial charge in [0.25, 0.3) is 5.91 Å². The van der Waals surface area contributed by atoms with Gasteiger partial charge in [-0.05, 0) is 47.9 Å². The van der Waals surface area contributed by atoms with E-state index in [-0.39, 0.29) is 24.7 Å². The Bertz CT molecular complexity index is 1140. The molecule has 36 heavy (non-hydrogen) atoms. The molecule has 0 bridgehead atoms. The van der Waals surface area contributed by atoms with Crippen molar-refractivity contribution < 1.29 is 27.9 Å². The van der Waals surface area contributed by atoms with Crippen molar-refractivity contribution in [2.75, 3.05) is 26.2 Å². The summed E-state index contributed by atoms with van der Waals surface area (Å²) in [5.74, 6) is -1.23. The van der Waals surface area contributed by atoms with Crippen LogP contribution in [0.25, 0.3) is 0 Å². The molecule has 5 rings (SSSR count). The fourth-order valence-corrected chi connectivity index (χ4v) is 4.80. The van der Waals surface area contributed by atoms with E-state index in [1.165, 1.54) is 11.0 Å². The minimum Gasteiger partial charge on any atom is -0.439 e. The first-order valence-corrected chi connectivity index (χ1v) is 12.4. The van der Waals surface area contributed by atoms with Gasteiger partial charge in [0.15, 0.2) is 6.61 Å². The summed E-state index contributed by atoms with van der Waals surface area (Å²) in [6.07, 6.45) is 0.704. The van der Waals surface area contributed by atoms with Crippen LogP contribution in [-0.4, -0.2) is 66.2 Å². The van der Waals surface area contributed by atoms with E-state index in [1.807, 2.05) is 30.3 Å². The molecule has 2 aromatic rings. The summed E-state index contributed by atoms with van der Waals surface area (Å²) in [7, 11) is 0. The quantitative estimate of drug-likeness (QED) is 0.633. The lowest BCUT2D eigenvalue weighted by molar-refractivity contribution is -0.141. The zero-order valence-electron chi connectivity index (χ0n) is 19.9. The zero-order chi connectivity index (χ0) is 25.2. The Kier molecular flexibility index (Phi) is 6.89. The van der Waals surface area contributed by atoms with Crippen molar-refractivity contribution in [2.24, 2.45) is 0 Å². The van der Waals surface area contributed by atoms with Crippen LogP contribution in [0.1, 0.15) is 54.3 Å². The van der Waals surface area contributed by atoms with Gasteiger partial charge in [-0.15, -0.1) is 0 Å². The Morgan fingerprint density at radius 1 is 1.06 bits per heavy atom. The van der Waals surface area contributed by atoms with Crippen LogP contribution in [0.5, 0.6) is 0 Å². The normalized spacial score (nSPS) is 22.1. The fraction of sp³-hybridized carbons (Fsp3) is 0.444. The van der Waals surface area contributed by atoms with Gasteiger partial charge in [-0.3, -0.25) is 9.59 Å². The smallest absolute Gasteiger partial charge is 0.410 e. The number of alkyl halides is 1. The van der Waals surface area contributed by atoms with Crippen molar-refractivity contribution in [1.82, 2.24) is 15.1 Å². The van der Waals surface area contributed by atoms with Gasteiger partial charge in [0.1, 0.15) is 18.0 Å². The number of hydrogen-bond donors (Lipinski definition) is 1. The van der Waals surface area contributed by atoms with Crippen LogP contribution in [0.2, 0.25) is 0 Å². The van der Waals surface area contributed by atoms with Crippen LogP contribution in [0.4, 0.5) is 13.6 Å². The van der Waals surface area contributed by atoms with E-state index in [0.717, 1.165) is 29.7 Å². The highest BCUT2D eigenvalue weighted by atomic mass is 19.1. The molecule has 3 atom stereocenters. The molecular weight excluding hydrogens is 468 g/mol. The van der Waals surface area contributed by atoms with Crippen molar-refractivity contribution in [3.8, 4) is 0 Å². The highest BCUT2D eigenvalue weighted by Gasteiger charge is 2.41. The van der Waals surface area contributed by atoms with E-state index in [9.17, 15) is 23.2 Å². The maximum absolute atomic E-state index is 14.9. The molecule has 190 valence electrons. The van der Waals surface area contributed by atoms with Gasteiger partial charge in [0, 0.05) is 19.5 Å². The van der Waals surface area contributed by atoms with Crippen LogP contribution in [0.3, 0.4) is 0 Å². The van der Waals surface area contributed by atoms with Gasteiger partial charge >= 0.3 is 6.09 Å². The molecule has 9 heteroatoms. The maximum Gasteiger partial charge on any atom is 0.410 e. The van der Waals surface area contributed by atoms with Gasteiger partial charge in [-0.2, -0.15) is 0 Å².